The number of nitrogens with one attached hydrogen (secondary N) is 1. The normalized spacial score (nSPS) is 16.8. The monoisotopic (exact) mass is 420 g/mol. The van der Waals surface area contributed by atoms with Gasteiger partial charge in [0.25, 0.3) is 0 Å². The van der Waals surface area contributed by atoms with E-state index in [1.165, 1.54) is 0 Å². The van der Waals surface area contributed by atoms with Crippen molar-refractivity contribution in [1.82, 2.24) is 15.0 Å². The van der Waals surface area contributed by atoms with Crippen molar-refractivity contribution in [2.45, 2.75) is 33.2 Å². The van der Waals surface area contributed by atoms with Gasteiger partial charge in [-0.3, -0.25) is 9.69 Å². The van der Waals surface area contributed by atoms with Gasteiger partial charge < -0.3 is 14.6 Å². The molecule has 2 aromatic carbocycles. The Hall–Kier alpha value is -3.19. The number of anilines is 1. The molecular weight excluding hydrogens is 392 g/mol. The first-order valence-corrected chi connectivity index (χ1v) is 10.8. The maximum absolute atomic E-state index is 12.8. The van der Waals surface area contributed by atoms with Gasteiger partial charge in [-0.25, -0.2) is 0 Å². The topological polar surface area (TPSA) is 80.5 Å². The summed E-state index contributed by atoms with van der Waals surface area (Å²) in [6, 6.07) is 15.5. The molecule has 3 aromatic rings. The van der Waals surface area contributed by atoms with Gasteiger partial charge in [0.1, 0.15) is 5.75 Å². The van der Waals surface area contributed by atoms with Crippen LogP contribution in [0, 0.1) is 12.8 Å². The molecule has 1 aliphatic rings. The molecule has 1 amide bonds. The summed E-state index contributed by atoms with van der Waals surface area (Å²) in [5.74, 6) is 1.88. The first-order chi connectivity index (χ1) is 15.1. The third-order valence-corrected chi connectivity index (χ3v) is 5.39. The molecule has 1 saturated heterocycles. The average Bonchev–Trinajstić information content (AvgIpc) is 3.23. The standard InChI is InChI=1S/C24H28N4O3/c1-3-30-21-11-5-10-20(14-21)25-24(29)19-9-6-12-28(15-19)16-22-26-23(27-31-22)18-8-4-7-17(2)13-18/h4-5,7-8,10-11,13-14,19H,3,6,9,12,15-16H2,1-2H3,(H,25,29). The summed E-state index contributed by atoms with van der Waals surface area (Å²) in [4.78, 5) is 19.6. The van der Waals surface area contributed by atoms with Gasteiger partial charge in [0, 0.05) is 23.9 Å². The number of nitrogens with zero attached hydrogens (tertiary/aromatic N) is 3. The van der Waals surface area contributed by atoms with E-state index in [0.29, 0.717) is 31.4 Å². The summed E-state index contributed by atoms with van der Waals surface area (Å²) in [7, 11) is 0. The Kier molecular flexibility index (Phi) is 6.62. The molecule has 0 saturated carbocycles. The highest BCUT2D eigenvalue weighted by Crippen LogP contribution is 2.23. The zero-order valence-corrected chi connectivity index (χ0v) is 18.0. The van der Waals surface area contributed by atoms with Crippen LogP contribution < -0.4 is 10.1 Å². The molecule has 0 spiro atoms. The minimum atomic E-state index is -0.0799. The number of aromatic nitrogens is 2. The molecule has 1 fully saturated rings. The fraction of sp³-hybridized carbons (Fsp3) is 0.375. The Balaban J connectivity index is 1.35. The lowest BCUT2D eigenvalue weighted by molar-refractivity contribution is -0.121. The van der Waals surface area contributed by atoms with E-state index in [0.717, 1.165) is 42.0 Å². The van der Waals surface area contributed by atoms with Crippen molar-refractivity contribution in [2.75, 3.05) is 25.0 Å². The average molecular weight is 421 g/mol. The summed E-state index contributed by atoms with van der Waals surface area (Å²) in [6.07, 6.45) is 1.82. The number of hydrogen-bond donors (Lipinski definition) is 1. The van der Waals surface area contributed by atoms with Gasteiger partial charge in [-0.1, -0.05) is 35.0 Å². The number of ether oxygens (including phenoxy) is 1. The highest BCUT2D eigenvalue weighted by molar-refractivity contribution is 5.92. The lowest BCUT2D eigenvalue weighted by Gasteiger charge is -2.30. The highest BCUT2D eigenvalue weighted by atomic mass is 16.5. The van der Waals surface area contributed by atoms with Gasteiger partial charge in [0.05, 0.1) is 19.1 Å². The molecule has 7 nitrogen and oxygen atoms in total. The third-order valence-electron chi connectivity index (χ3n) is 5.39. The van der Waals surface area contributed by atoms with E-state index in [1.54, 1.807) is 0 Å². The molecule has 1 unspecified atom stereocenters. The Labute approximate surface area is 182 Å². The van der Waals surface area contributed by atoms with Crippen LogP contribution in [0.1, 0.15) is 31.2 Å². The number of rotatable bonds is 7. The van der Waals surface area contributed by atoms with Crippen LogP contribution in [-0.4, -0.2) is 40.6 Å². The zero-order valence-electron chi connectivity index (χ0n) is 18.0. The van der Waals surface area contributed by atoms with E-state index in [4.69, 9.17) is 9.26 Å². The molecule has 0 aliphatic carbocycles. The minimum absolute atomic E-state index is 0.0318. The van der Waals surface area contributed by atoms with E-state index < -0.39 is 0 Å². The third kappa shape index (κ3) is 5.49. The number of benzene rings is 2. The van der Waals surface area contributed by atoms with Crippen LogP contribution in [0.25, 0.3) is 11.4 Å². The number of hydrogen-bond acceptors (Lipinski definition) is 6. The van der Waals surface area contributed by atoms with E-state index in [2.05, 4.69) is 20.4 Å². The van der Waals surface area contributed by atoms with Crippen LogP contribution in [0.15, 0.2) is 53.1 Å². The highest BCUT2D eigenvalue weighted by Gasteiger charge is 2.27. The summed E-state index contributed by atoms with van der Waals surface area (Å²) in [5.41, 5.74) is 2.86. The molecule has 31 heavy (non-hydrogen) atoms. The van der Waals surface area contributed by atoms with E-state index in [-0.39, 0.29) is 11.8 Å². The van der Waals surface area contributed by atoms with E-state index in [9.17, 15) is 4.79 Å². The quantitative estimate of drug-likeness (QED) is 0.614. The van der Waals surface area contributed by atoms with Crippen molar-refractivity contribution in [3.8, 4) is 17.1 Å². The fourth-order valence-corrected chi connectivity index (χ4v) is 3.90. The molecule has 0 bridgehead atoms. The number of carbonyl (C=O) groups is 1. The Morgan fingerprint density at radius 1 is 1.26 bits per heavy atom. The Morgan fingerprint density at radius 3 is 2.97 bits per heavy atom. The molecule has 2 heterocycles. The summed E-state index contributed by atoms with van der Waals surface area (Å²) < 4.78 is 11.0. The largest absolute Gasteiger partial charge is 0.494 e. The Morgan fingerprint density at radius 2 is 2.13 bits per heavy atom. The van der Waals surface area contributed by atoms with Crippen molar-refractivity contribution < 1.29 is 14.1 Å². The molecule has 1 aromatic heterocycles. The second-order valence-electron chi connectivity index (χ2n) is 7.91. The van der Waals surface area contributed by atoms with Crippen LogP contribution in [0.5, 0.6) is 5.75 Å². The molecule has 7 heteroatoms. The molecule has 0 radical (unpaired) electrons. The second kappa shape index (κ2) is 9.75. The fourth-order valence-electron chi connectivity index (χ4n) is 3.90. The van der Waals surface area contributed by atoms with Crippen molar-refractivity contribution in [3.63, 3.8) is 0 Å². The van der Waals surface area contributed by atoms with Gasteiger partial charge in [-0.05, 0) is 51.4 Å². The first kappa shape index (κ1) is 21.1. The van der Waals surface area contributed by atoms with Gasteiger partial charge in [0.2, 0.25) is 17.6 Å². The van der Waals surface area contributed by atoms with Crippen LogP contribution in [0.3, 0.4) is 0 Å². The first-order valence-electron chi connectivity index (χ1n) is 10.8. The maximum Gasteiger partial charge on any atom is 0.241 e. The zero-order chi connectivity index (χ0) is 21.6. The summed E-state index contributed by atoms with van der Waals surface area (Å²) in [6.45, 7) is 6.69. The van der Waals surface area contributed by atoms with Crippen LogP contribution >= 0.6 is 0 Å². The van der Waals surface area contributed by atoms with Gasteiger partial charge in [0.15, 0.2) is 0 Å². The predicted octanol–water partition coefficient (Wildman–Crippen LogP) is 4.29. The molecule has 1 atom stereocenters. The minimum Gasteiger partial charge on any atom is -0.494 e. The number of aryl methyl sites for hydroxylation is 1. The van der Waals surface area contributed by atoms with Gasteiger partial charge in [-0.2, -0.15) is 4.98 Å². The van der Waals surface area contributed by atoms with Crippen molar-refractivity contribution in [1.29, 1.82) is 0 Å². The van der Waals surface area contributed by atoms with Gasteiger partial charge in [-0.15, -0.1) is 0 Å². The van der Waals surface area contributed by atoms with Crippen LogP contribution in [-0.2, 0) is 11.3 Å². The van der Waals surface area contributed by atoms with Crippen molar-refractivity contribution in [2.24, 2.45) is 5.92 Å². The lowest BCUT2D eigenvalue weighted by Crippen LogP contribution is -2.40. The molecule has 1 aliphatic heterocycles. The molecule has 162 valence electrons. The molecular formula is C24H28N4O3. The van der Waals surface area contributed by atoms with E-state index >= 15 is 0 Å². The molecule has 1 N–H and O–H groups in total. The smallest absolute Gasteiger partial charge is 0.241 e. The lowest BCUT2D eigenvalue weighted by atomic mass is 9.97. The second-order valence-corrected chi connectivity index (χ2v) is 7.91. The van der Waals surface area contributed by atoms with Crippen molar-refractivity contribution >= 4 is 11.6 Å². The maximum atomic E-state index is 12.8. The number of amides is 1. The Bertz CT molecular complexity index is 1030. The number of piperidine rings is 1. The van der Waals surface area contributed by atoms with E-state index in [1.807, 2.05) is 62.4 Å². The van der Waals surface area contributed by atoms with Crippen molar-refractivity contribution in [3.05, 3.63) is 60.0 Å². The SMILES string of the molecule is CCOc1cccc(NC(=O)C2CCCN(Cc3nc(-c4cccc(C)c4)no3)C2)c1. The summed E-state index contributed by atoms with van der Waals surface area (Å²) in [5, 5.41) is 7.15. The predicted molar refractivity (Wildman–Crippen MR) is 119 cm³/mol. The summed E-state index contributed by atoms with van der Waals surface area (Å²) >= 11 is 0. The molecule has 4 rings (SSSR count). The van der Waals surface area contributed by atoms with Gasteiger partial charge >= 0.3 is 0 Å². The van der Waals surface area contributed by atoms with Crippen LogP contribution in [0.2, 0.25) is 0 Å². The number of likely N-dealkylation sites (tertiary alicyclic amines) is 1. The van der Waals surface area contributed by atoms with Crippen LogP contribution in [0.4, 0.5) is 5.69 Å². The number of carbonyl (C=O) groups excluding carboxylic acids is 1.